The number of esters is 2. The molecule has 9 heteroatoms. The van der Waals surface area contributed by atoms with Crippen LogP contribution in [0.2, 0.25) is 0 Å². The van der Waals surface area contributed by atoms with Gasteiger partial charge < -0.3 is 14.2 Å². The molecule has 0 atom stereocenters. The van der Waals surface area contributed by atoms with Crippen molar-refractivity contribution in [3.05, 3.63) is 18.7 Å². The Labute approximate surface area is 350 Å². The summed E-state index contributed by atoms with van der Waals surface area (Å²) < 4.78 is 18.4. The van der Waals surface area contributed by atoms with Gasteiger partial charge in [0.2, 0.25) is 0 Å². The molecule has 57 heavy (non-hydrogen) atoms. The third kappa shape index (κ3) is 34.2. The SMILES string of the molecule is CCCCCCCCCOC(=O)CCCCCCCN(CCCCCCCC(=O)OC(CCCCCCCC)CCCCCCCC)CCOC(=O)n1ccnc1. The molecule has 0 N–H and O–H groups in total. The Balaban J connectivity index is 2.30. The van der Waals surface area contributed by atoms with Crippen molar-refractivity contribution >= 4 is 18.0 Å². The Morgan fingerprint density at radius 2 is 0.965 bits per heavy atom. The Kier molecular flexibility index (Phi) is 37.2. The molecular formula is C48H89N3O6. The van der Waals surface area contributed by atoms with E-state index in [0.29, 0.717) is 32.6 Å². The lowest BCUT2D eigenvalue weighted by Gasteiger charge is -2.22. The van der Waals surface area contributed by atoms with Crippen LogP contribution in [0.15, 0.2) is 18.7 Å². The van der Waals surface area contributed by atoms with Crippen LogP contribution in [-0.2, 0) is 23.8 Å². The summed E-state index contributed by atoms with van der Waals surface area (Å²) in [5.41, 5.74) is 0. The Morgan fingerprint density at radius 1 is 0.509 bits per heavy atom. The van der Waals surface area contributed by atoms with Crippen molar-refractivity contribution in [2.24, 2.45) is 0 Å². The third-order valence-electron chi connectivity index (χ3n) is 11.1. The quantitative estimate of drug-likeness (QED) is 0.0366. The van der Waals surface area contributed by atoms with Gasteiger partial charge in [-0.25, -0.2) is 14.3 Å². The van der Waals surface area contributed by atoms with Crippen molar-refractivity contribution in [1.82, 2.24) is 14.5 Å². The zero-order valence-corrected chi connectivity index (χ0v) is 37.5. The second-order valence-corrected chi connectivity index (χ2v) is 16.5. The van der Waals surface area contributed by atoms with E-state index in [2.05, 4.69) is 30.7 Å². The van der Waals surface area contributed by atoms with Crippen LogP contribution in [0.5, 0.6) is 0 Å². The molecule has 1 aromatic rings. The molecule has 0 aliphatic heterocycles. The Hall–Kier alpha value is -2.42. The molecule has 1 rings (SSSR count). The highest BCUT2D eigenvalue weighted by molar-refractivity contribution is 5.70. The molecule has 0 fully saturated rings. The first-order valence-corrected chi connectivity index (χ1v) is 24.2. The predicted molar refractivity (Wildman–Crippen MR) is 236 cm³/mol. The van der Waals surface area contributed by atoms with Crippen molar-refractivity contribution in [2.45, 2.75) is 239 Å². The number of hydrogen-bond donors (Lipinski definition) is 0. The number of aromatic nitrogens is 2. The van der Waals surface area contributed by atoms with Gasteiger partial charge >= 0.3 is 18.0 Å². The third-order valence-corrected chi connectivity index (χ3v) is 11.1. The minimum absolute atomic E-state index is 0.00730. The molecule has 0 saturated heterocycles. The zero-order chi connectivity index (χ0) is 41.3. The number of hydrogen-bond acceptors (Lipinski definition) is 8. The summed E-state index contributed by atoms with van der Waals surface area (Å²) in [5, 5.41) is 0. The van der Waals surface area contributed by atoms with Crippen molar-refractivity contribution in [3.63, 3.8) is 0 Å². The molecule has 0 amide bonds. The fourth-order valence-corrected chi connectivity index (χ4v) is 7.44. The van der Waals surface area contributed by atoms with Crippen molar-refractivity contribution in [2.75, 3.05) is 32.8 Å². The lowest BCUT2D eigenvalue weighted by molar-refractivity contribution is -0.150. The smallest absolute Gasteiger partial charge is 0.419 e. The molecule has 1 aromatic heterocycles. The fourth-order valence-electron chi connectivity index (χ4n) is 7.44. The number of nitrogens with zero attached hydrogens (tertiary/aromatic N) is 3. The molecule has 332 valence electrons. The van der Waals surface area contributed by atoms with E-state index in [4.69, 9.17) is 14.2 Å². The van der Waals surface area contributed by atoms with E-state index >= 15 is 0 Å². The monoisotopic (exact) mass is 804 g/mol. The van der Waals surface area contributed by atoms with Gasteiger partial charge in [-0.2, -0.15) is 0 Å². The summed E-state index contributed by atoms with van der Waals surface area (Å²) in [5.74, 6) is -0.0595. The Morgan fingerprint density at radius 3 is 1.47 bits per heavy atom. The average Bonchev–Trinajstić information content (AvgIpc) is 3.76. The summed E-state index contributed by atoms with van der Waals surface area (Å²) in [7, 11) is 0. The zero-order valence-electron chi connectivity index (χ0n) is 37.5. The van der Waals surface area contributed by atoms with E-state index < -0.39 is 6.09 Å². The second kappa shape index (κ2) is 40.4. The second-order valence-electron chi connectivity index (χ2n) is 16.5. The molecular weight excluding hydrogens is 715 g/mol. The summed E-state index contributed by atoms with van der Waals surface area (Å²) >= 11 is 0. The number of rotatable bonds is 42. The lowest BCUT2D eigenvalue weighted by Crippen LogP contribution is -2.31. The molecule has 0 aromatic carbocycles. The molecule has 1 heterocycles. The average molecular weight is 804 g/mol. The van der Waals surface area contributed by atoms with Crippen molar-refractivity contribution in [1.29, 1.82) is 0 Å². The minimum atomic E-state index is -0.400. The van der Waals surface area contributed by atoms with Crippen LogP contribution in [0, 0.1) is 0 Å². The first-order valence-electron chi connectivity index (χ1n) is 24.2. The van der Waals surface area contributed by atoms with Gasteiger partial charge in [0.1, 0.15) is 19.0 Å². The van der Waals surface area contributed by atoms with Gasteiger partial charge in [-0.05, 0) is 70.9 Å². The van der Waals surface area contributed by atoms with E-state index in [9.17, 15) is 14.4 Å². The number of carbonyl (C=O) groups excluding carboxylic acids is 3. The normalized spacial score (nSPS) is 11.5. The van der Waals surface area contributed by atoms with Crippen LogP contribution < -0.4 is 0 Å². The van der Waals surface area contributed by atoms with Crippen LogP contribution in [0.25, 0.3) is 0 Å². The van der Waals surface area contributed by atoms with Gasteiger partial charge in [-0.3, -0.25) is 14.5 Å². The molecule has 0 aliphatic rings. The summed E-state index contributed by atoms with van der Waals surface area (Å²) in [6.45, 7) is 10.3. The largest absolute Gasteiger partial charge is 0.466 e. The Bertz CT molecular complexity index is 1020. The molecule has 9 nitrogen and oxygen atoms in total. The van der Waals surface area contributed by atoms with Crippen LogP contribution >= 0.6 is 0 Å². The van der Waals surface area contributed by atoms with Crippen LogP contribution in [-0.4, -0.2) is 71.4 Å². The first kappa shape index (κ1) is 52.6. The summed E-state index contributed by atoms with van der Waals surface area (Å²) in [6, 6.07) is 0. The molecule has 0 bridgehead atoms. The topological polar surface area (TPSA) is 100.0 Å². The summed E-state index contributed by atoms with van der Waals surface area (Å²) in [6.07, 6.45) is 41.7. The van der Waals surface area contributed by atoms with Crippen molar-refractivity contribution in [3.8, 4) is 0 Å². The van der Waals surface area contributed by atoms with Gasteiger partial charge in [0.15, 0.2) is 0 Å². The van der Waals surface area contributed by atoms with Gasteiger partial charge in [0.05, 0.1) is 6.61 Å². The molecule has 0 spiro atoms. The van der Waals surface area contributed by atoms with Crippen LogP contribution in [0.1, 0.15) is 233 Å². The predicted octanol–water partition coefficient (Wildman–Crippen LogP) is 13.6. The lowest BCUT2D eigenvalue weighted by atomic mass is 10.0. The molecule has 0 unspecified atom stereocenters. The highest BCUT2D eigenvalue weighted by Crippen LogP contribution is 2.19. The number of carbonyl (C=O) groups is 3. The highest BCUT2D eigenvalue weighted by atomic mass is 16.6. The minimum Gasteiger partial charge on any atom is -0.466 e. The standard InChI is InChI=1S/C48H89N3O6/c1-4-7-10-13-16-25-32-42-55-46(52)35-28-21-17-23-30-38-50(41-43-56-48(54)51-40-37-49-44-51)39-31-24-18-22-29-36-47(53)57-45(33-26-19-14-11-8-5-2)34-27-20-15-12-9-6-3/h37,40,44-45H,4-36,38-39,41-43H2,1-3H3. The van der Waals surface area contributed by atoms with Gasteiger partial charge in [0, 0.05) is 31.8 Å². The molecule has 0 saturated carbocycles. The maximum atomic E-state index is 12.8. The first-order chi connectivity index (χ1) is 28.0. The van der Waals surface area contributed by atoms with E-state index in [1.807, 2.05) is 0 Å². The van der Waals surface area contributed by atoms with E-state index in [1.165, 1.54) is 120 Å². The van der Waals surface area contributed by atoms with Gasteiger partial charge in [-0.1, -0.05) is 162 Å². The summed E-state index contributed by atoms with van der Waals surface area (Å²) in [4.78, 5) is 43.6. The van der Waals surface area contributed by atoms with Crippen molar-refractivity contribution < 1.29 is 28.6 Å². The number of imidazole rings is 1. The van der Waals surface area contributed by atoms with E-state index in [1.54, 1.807) is 12.4 Å². The number of ether oxygens (including phenoxy) is 3. The van der Waals surface area contributed by atoms with Crippen LogP contribution in [0.3, 0.4) is 0 Å². The van der Waals surface area contributed by atoms with E-state index in [0.717, 1.165) is 103 Å². The van der Waals surface area contributed by atoms with Gasteiger partial charge in [-0.15, -0.1) is 0 Å². The molecule has 0 aliphatic carbocycles. The fraction of sp³-hybridized carbons (Fsp3) is 0.875. The maximum Gasteiger partial charge on any atom is 0.419 e. The maximum absolute atomic E-state index is 12.8. The number of unbranched alkanes of at least 4 members (excludes halogenated alkanes) is 24. The van der Waals surface area contributed by atoms with Gasteiger partial charge in [0.25, 0.3) is 0 Å². The highest BCUT2D eigenvalue weighted by Gasteiger charge is 2.15. The molecule has 0 radical (unpaired) electrons. The van der Waals surface area contributed by atoms with Crippen LogP contribution in [0.4, 0.5) is 4.79 Å². The van der Waals surface area contributed by atoms with E-state index in [-0.39, 0.29) is 18.0 Å².